The minimum absolute atomic E-state index is 0.0110. The molecule has 2 aromatic carbocycles. The summed E-state index contributed by atoms with van der Waals surface area (Å²) in [6.45, 7) is 2.08. The SMILES string of the molecule is COC(=O)C12Cc3cnn(-c4ccc(F)cc4)c3C=C1CCN(S(=O)(=O)c1cccc(C)c1)C2. The predicted octanol–water partition coefficient (Wildman–Crippen LogP) is 3.51. The van der Waals surface area contributed by atoms with Crippen molar-refractivity contribution >= 4 is 22.1 Å². The third-order valence-electron chi connectivity index (χ3n) is 6.66. The number of piperidine rings is 1. The summed E-state index contributed by atoms with van der Waals surface area (Å²) in [6.07, 6.45) is 4.23. The zero-order valence-electron chi connectivity index (χ0n) is 18.9. The number of sulfonamides is 1. The van der Waals surface area contributed by atoms with Crippen molar-refractivity contribution in [2.45, 2.75) is 24.7 Å². The lowest BCUT2D eigenvalue weighted by Gasteiger charge is -2.43. The maximum absolute atomic E-state index is 13.4. The van der Waals surface area contributed by atoms with Gasteiger partial charge in [-0.25, -0.2) is 17.5 Å². The first kappa shape index (κ1) is 22.5. The van der Waals surface area contributed by atoms with E-state index in [1.165, 1.54) is 23.5 Å². The Hall–Kier alpha value is -3.30. The van der Waals surface area contributed by atoms with E-state index in [-0.39, 0.29) is 30.2 Å². The van der Waals surface area contributed by atoms with E-state index in [1.807, 2.05) is 19.1 Å². The number of rotatable bonds is 4. The first-order valence-electron chi connectivity index (χ1n) is 10.9. The van der Waals surface area contributed by atoms with E-state index < -0.39 is 21.4 Å². The molecule has 1 unspecified atom stereocenters. The van der Waals surface area contributed by atoms with Crippen LogP contribution in [-0.4, -0.2) is 48.7 Å². The summed E-state index contributed by atoms with van der Waals surface area (Å²) in [6, 6.07) is 12.8. The van der Waals surface area contributed by atoms with Crippen molar-refractivity contribution in [1.82, 2.24) is 14.1 Å². The lowest BCUT2D eigenvalue weighted by atomic mass is 9.69. The third-order valence-corrected chi connectivity index (χ3v) is 8.50. The molecule has 176 valence electrons. The maximum Gasteiger partial charge on any atom is 0.317 e. The van der Waals surface area contributed by atoms with Crippen LogP contribution in [-0.2, 0) is 26.0 Å². The summed E-state index contributed by atoms with van der Waals surface area (Å²) in [4.78, 5) is 13.4. The summed E-state index contributed by atoms with van der Waals surface area (Å²) >= 11 is 0. The second-order valence-corrected chi connectivity index (χ2v) is 10.7. The minimum atomic E-state index is -3.79. The standard InChI is InChI=1S/C25H24FN3O4S/c1-17-4-3-5-22(12-17)34(31,32)28-11-10-19-13-23-18(14-25(19,16-28)24(30)33-2)15-27-29(23)21-8-6-20(26)7-9-21/h3-9,12-13,15H,10-11,14,16H2,1-2H3. The molecule has 34 heavy (non-hydrogen) atoms. The molecule has 1 aromatic heterocycles. The van der Waals surface area contributed by atoms with Crippen LogP contribution in [0.25, 0.3) is 11.8 Å². The predicted molar refractivity (Wildman–Crippen MR) is 124 cm³/mol. The van der Waals surface area contributed by atoms with Gasteiger partial charge in [-0.05, 0) is 78.9 Å². The Labute approximate surface area is 197 Å². The van der Waals surface area contributed by atoms with Gasteiger partial charge < -0.3 is 4.74 Å². The Morgan fingerprint density at radius 2 is 1.94 bits per heavy atom. The van der Waals surface area contributed by atoms with Crippen molar-refractivity contribution in [3.8, 4) is 5.69 Å². The fourth-order valence-corrected chi connectivity index (χ4v) is 6.50. The van der Waals surface area contributed by atoms with E-state index in [9.17, 15) is 17.6 Å². The normalized spacial score (nSPS) is 20.3. The van der Waals surface area contributed by atoms with Crippen molar-refractivity contribution < 1.29 is 22.3 Å². The van der Waals surface area contributed by atoms with E-state index in [0.29, 0.717) is 12.1 Å². The van der Waals surface area contributed by atoms with Crippen LogP contribution in [0.1, 0.15) is 23.2 Å². The Morgan fingerprint density at radius 3 is 2.65 bits per heavy atom. The number of aromatic nitrogens is 2. The van der Waals surface area contributed by atoms with Crippen LogP contribution < -0.4 is 0 Å². The monoisotopic (exact) mass is 481 g/mol. The minimum Gasteiger partial charge on any atom is -0.468 e. The summed E-state index contributed by atoms with van der Waals surface area (Å²) in [5.74, 6) is -0.807. The molecule has 1 aliphatic heterocycles. The molecule has 2 aliphatic rings. The Balaban J connectivity index is 1.55. The van der Waals surface area contributed by atoms with Gasteiger partial charge in [0.05, 0.1) is 29.6 Å². The van der Waals surface area contributed by atoms with Crippen LogP contribution >= 0.6 is 0 Å². The van der Waals surface area contributed by atoms with Gasteiger partial charge >= 0.3 is 5.97 Å². The number of carbonyl (C=O) groups is 1. The summed E-state index contributed by atoms with van der Waals surface area (Å²) in [5.41, 5.74) is 2.82. The largest absolute Gasteiger partial charge is 0.468 e. The number of aryl methyl sites for hydroxylation is 1. The molecule has 1 atom stereocenters. The van der Waals surface area contributed by atoms with Gasteiger partial charge in [-0.2, -0.15) is 9.40 Å². The fourth-order valence-electron chi connectivity index (χ4n) is 4.90. The lowest BCUT2D eigenvalue weighted by molar-refractivity contribution is -0.151. The van der Waals surface area contributed by atoms with Crippen LogP contribution in [0.4, 0.5) is 4.39 Å². The highest BCUT2D eigenvalue weighted by atomic mass is 32.2. The molecule has 2 heterocycles. The molecular formula is C25H24FN3O4S. The van der Waals surface area contributed by atoms with Crippen LogP contribution in [0.3, 0.4) is 0 Å². The van der Waals surface area contributed by atoms with E-state index in [2.05, 4.69) is 5.10 Å². The number of methoxy groups -OCH3 is 1. The van der Waals surface area contributed by atoms with Crippen molar-refractivity contribution in [2.75, 3.05) is 20.2 Å². The second kappa shape index (κ2) is 8.18. The molecule has 9 heteroatoms. The molecule has 3 aromatic rings. The van der Waals surface area contributed by atoms with Gasteiger partial charge in [-0.15, -0.1) is 0 Å². The maximum atomic E-state index is 13.4. The first-order valence-corrected chi connectivity index (χ1v) is 12.4. The molecule has 7 nitrogen and oxygen atoms in total. The van der Waals surface area contributed by atoms with Crippen molar-refractivity contribution in [2.24, 2.45) is 5.41 Å². The van der Waals surface area contributed by atoms with Gasteiger partial charge in [-0.1, -0.05) is 12.1 Å². The Kier molecular flexibility index (Phi) is 5.41. The number of esters is 1. The highest BCUT2D eigenvalue weighted by Gasteiger charge is 2.51. The molecule has 1 aliphatic carbocycles. The Bertz CT molecular complexity index is 1410. The van der Waals surface area contributed by atoms with Gasteiger partial charge in [0.2, 0.25) is 10.0 Å². The van der Waals surface area contributed by atoms with Gasteiger partial charge in [-0.3, -0.25) is 4.79 Å². The van der Waals surface area contributed by atoms with Crippen molar-refractivity contribution in [3.05, 3.63) is 82.9 Å². The van der Waals surface area contributed by atoms with Gasteiger partial charge in [0.1, 0.15) is 11.2 Å². The van der Waals surface area contributed by atoms with Crippen LogP contribution in [0.5, 0.6) is 0 Å². The molecule has 5 rings (SSSR count). The highest BCUT2D eigenvalue weighted by molar-refractivity contribution is 7.89. The highest BCUT2D eigenvalue weighted by Crippen LogP contribution is 2.46. The quantitative estimate of drug-likeness (QED) is 0.533. The van der Waals surface area contributed by atoms with Gasteiger partial charge in [0.15, 0.2) is 0 Å². The number of fused-ring (bicyclic) bond motifs is 2. The summed E-state index contributed by atoms with van der Waals surface area (Å²) in [7, 11) is -2.47. The molecule has 0 saturated carbocycles. The molecule has 0 bridgehead atoms. The molecule has 1 saturated heterocycles. The average molecular weight is 482 g/mol. The third kappa shape index (κ3) is 3.56. The van der Waals surface area contributed by atoms with Gasteiger partial charge in [0, 0.05) is 13.1 Å². The molecular weight excluding hydrogens is 457 g/mol. The van der Waals surface area contributed by atoms with E-state index in [4.69, 9.17) is 4.74 Å². The fraction of sp³-hybridized carbons (Fsp3) is 0.280. The zero-order chi connectivity index (χ0) is 24.1. The number of benzene rings is 2. The number of hydrogen-bond donors (Lipinski definition) is 0. The van der Waals surface area contributed by atoms with Gasteiger partial charge in [0.25, 0.3) is 0 Å². The second-order valence-electron chi connectivity index (χ2n) is 8.77. The van der Waals surface area contributed by atoms with Crippen LogP contribution in [0.15, 0.2) is 65.2 Å². The van der Waals surface area contributed by atoms with E-state index >= 15 is 0 Å². The number of halogens is 1. The average Bonchev–Trinajstić information content (AvgIpc) is 3.24. The zero-order valence-corrected chi connectivity index (χ0v) is 19.7. The molecule has 0 N–H and O–H groups in total. The van der Waals surface area contributed by atoms with Crippen molar-refractivity contribution in [3.63, 3.8) is 0 Å². The number of hydrogen-bond acceptors (Lipinski definition) is 5. The number of carbonyl (C=O) groups excluding carboxylic acids is 1. The summed E-state index contributed by atoms with van der Waals surface area (Å²) < 4.78 is 48.5. The Morgan fingerprint density at radius 1 is 1.18 bits per heavy atom. The smallest absolute Gasteiger partial charge is 0.317 e. The number of nitrogens with zero attached hydrogens (tertiary/aromatic N) is 3. The molecule has 0 amide bonds. The summed E-state index contributed by atoms with van der Waals surface area (Å²) in [5, 5.41) is 4.46. The van der Waals surface area contributed by atoms with E-state index in [0.717, 1.165) is 22.4 Å². The van der Waals surface area contributed by atoms with Crippen LogP contribution in [0, 0.1) is 18.2 Å². The van der Waals surface area contributed by atoms with E-state index in [1.54, 1.807) is 41.2 Å². The molecule has 0 spiro atoms. The van der Waals surface area contributed by atoms with Crippen LogP contribution in [0.2, 0.25) is 0 Å². The lowest BCUT2D eigenvalue weighted by Crippen LogP contribution is -2.53. The molecule has 1 fully saturated rings. The molecule has 0 radical (unpaired) electrons. The van der Waals surface area contributed by atoms with Crippen molar-refractivity contribution in [1.29, 1.82) is 0 Å². The number of ether oxygens (including phenoxy) is 1. The topological polar surface area (TPSA) is 81.5 Å². The first-order chi connectivity index (χ1) is 16.2.